The van der Waals surface area contributed by atoms with Gasteiger partial charge in [0.15, 0.2) is 5.11 Å². The highest BCUT2D eigenvalue weighted by Crippen LogP contribution is 2.34. The van der Waals surface area contributed by atoms with Crippen LogP contribution in [0.25, 0.3) is 0 Å². The summed E-state index contributed by atoms with van der Waals surface area (Å²) < 4.78 is 88.6. The number of ether oxygens (including phenoxy) is 3. The first-order valence-corrected chi connectivity index (χ1v) is 11.4. The zero-order valence-electron chi connectivity index (χ0n) is 19.3. The number of alkyl halides is 6. The van der Waals surface area contributed by atoms with Crippen molar-refractivity contribution in [1.29, 1.82) is 0 Å². The number of thiocarbonyl (C=S) groups is 1. The molecule has 37 heavy (non-hydrogen) atoms. The highest BCUT2D eigenvalue weighted by atomic mass is 32.1. The van der Waals surface area contributed by atoms with Gasteiger partial charge in [-0.2, -0.15) is 0 Å². The molecule has 7 nitrogen and oxygen atoms in total. The van der Waals surface area contributed by atoms with Gasteiger partial charge in [0, 0.05) is 30.8 Å². The summed E-state index contributed by atoms with van der Waals surface area (Å²) in [5, 5.41) is 8.60. The fourth-order valence-electron chi connectivity index (χ4n) is 3.72. The van der Waals surface area contributed by atoms with Crippen molar-refractivity contribution in [3.05, 3.63) is 42.5 Å². The van der Waals surface area contributed by atoms with E-state index in [0.29, 0.717) is 31.4 Å². The molecular formula is C23H23F6N3O4S. The molecule has 3 N–H and O–H groups in total. The quantitative estimate of drug-likeness (QED) is 0.283. The molecule has 0 saturated heterocycles. The van der Waals surface area contributed by atoms with Gasteiger partial charge in [0.25, 0.3) is 0 Å². The van der Waals surface area contributed by atoms with Crippen LogP contribution >= 0.6 is 12.2 Å². The fourth-order valence-corrected chi connectivity index (χ4v) is 4.01. The number of amides is 1. The molecule has 202 valence electrons. The molecule has 2 aromatic carbocycles. The van der Waals surface area contributed by atoms with E-state index < -0.39 is 24.4 Å². The summed E-state index contributed by atoms with van der Waals surface area (Å²) >= 11 is 5.26. The van der Waals surface area contributed by atoms with E-state index in [1.54, 1.807) is 6.07 Å². The lowest BCUT2D eigenvalue weighted by Crippen LogP contribution is -2.41. The van der Waals surface area contributed by atoms with Crippen molar-refractivity contribution in [1.82, 2.24) is 5.32 Å². The van der Waals surface area contributed by atoms with Crippen LogP contribution in [0.4, 0.5) is 37.7 Å². The third kappa shape index (κ3) is 9.86. The maximum Gasteiger partial charge on any atom is 0.573 e. The number of rotatable bonds is 7. The van der Waals surface area contributed by atoms with E-state index in [1.165, 1.54) is 31.2 Å². The van der Waals surface area contributed by atoms with E-state index in [-0.39, 0.29) is 34.4 Å². The van der Waals surface area contributed by atoms with Gasteiger partial charge in [-0.3, -0.25) is 4.79 Å². The molecule has 1 saturated carbocycles. The second kappa shape index (κ2) is 11.8. The molecule has 1 amide bonds. The Labute approximate surface area is 213 Å². The summed E-state index contributed by atoms with van der Waals surface area (Å²) in [5.41, 5.74) is 0.372. The number of hydrogen-bond acceptors (Lipinski definition) is 5. The van der Waals surface area contributed by atoms with Gasteiger partial charge >= 0.3 is 12.7 Å². The Balaban J connectivity index is 1.52. The molecule has 14 heteroatoms. The molecule has 0 aliphatic heterocycles. The Morgan fingerprint density at radius 1 is 0.892 bits per heavy atom. The van der Waals surface area contributed by atoms with Gasteiger partial charge in [-0.15, -0.1) is 26.3 Å². The van der Waals surface area contributed by atoms with Crippen LogP contribution in [-0.4, -0.2) is 35.9 Å². The summed E-state index contributed by atoms with van der Waals surface area (Å²) in [5.74, 6) is -1.15. The van der Waals surface area contributed by atoms with Crippen molar-refractivity contribution in [2.24, 2.45) is 0 Å². The van der Waals surface area contributed by atoms with E-state index in [4.69, 9.17) is 17.0 Å². The van der Waals surface area contributed by atoms with Crippen LogP contribution in [-0.2, 0) is 4.79 Å². The molecule has 0 unspecified atom stereocenters. The maximum atomic E-state index is 12.5. The Bertz CT molecular complexity index is 1100. The van der Waals surface area contributed by atoms with Crippen molar-refractivity contribution in [3.63, 3.8) is 0 Å². The minimum Gasteiger partial charge on any atom is -0.488 e. The molecule has 2 aromatic rings. The van der Waals surface area contributed by atoms with Crippen molar-refractivity contribution in [2.75, 3.05) is 10.6 Å². The summed E-state index contributed by atoms with van der Waals surface area (Å²) in [6, 6.07) is 8.68. The van der Waals surface area contributed by atoms with Gasteiger partial charge in [-0.1, -0.05) is 6.07 Å². The first-order chi connectivity index (χ1) is 17.3. The van der Waals surface area contributed by atoms with Crippen LogP contribution in [0, 0.1) is 0 Å². The number of carbonyl (C=O) groups excluding carboxylic acids is 1. The van der Waals surface area contributed by atoms with Gasteiger partial charge in [0.2, 0.25) is 5.91 Å². The average Bonchev–Trinajstić information content (AvgIpc) is 2.74. The lowest BCUT2D eigenvalue weighted by atomic mass is 9.93. The maximum absolute atomic E-state index is 12.5. The van der Waals surface area contributed by atoms with E-state index in [0.717, 1.165) is 12.1 Å². The van der Waals surface area contributed by atoms with E-state index >= 15 is 0 Å². The molecule has 0 atom stereocenters. The molecule has 0 aromatic heterocycles. The number of hydrogen-bond donors (Lipinski definition) is 3. The molecular weight excluding hydrogens is 528 g/mol. The predicted octanol–water partition coefficient (Wildman–Crippen LogP) is 6.12. The second-order valence-corrected chi connectivity index (χ2v) is 8.56. The Kier molecular flexibility index (Phi) is 8.94. The van der Waals surface area contributed by atoms with E-state index in [2.05, 4.69) is 25.4 Å². The predicted molar refractivity (Wildman–Crippen MR) is 127 cm³/mol. The molecule has 0 bridgehead atoms. The standard InChI is InChI=1S/C23H23F6N3O4S/c1-13(33)30-19-12-18(36-23(27,28)29)9-10-20(19)34-16-7-5-14(6-8-16)31-21(37)32-15-3-2-4-17(11-15)35-22(24,25)26/h2-4,9-12,14,16H,5-8H2,1H3,(H,30,33)(H2,31,32,37). The average molecular weight is 552 g/mol. The minimum atomic E-state index is -4.88. The van der Waals surface area contributed by atoms with Crippen molar-refractivity contribution in [2.45, 2.75) is 57.5 Å². The topological polar surface area (TPSA) is 80.9 Å². The molecule has 1 aliphatic rings. The minimum absolute atomic E-state index is 0.0353. The smallest absolute Gasteiger partial charge is 0.488 e. The Morgan fingerprint density at radius 3 is 2.11 bits per heavy atom. The normalized spacial score (nSPS) is 17.9. The molecule has 0 radical (unpaired) electrons. The van der Waals surface area contributed by atoms with Crippen LogP contribution in [0.5, 0.6) is 17.2 Å². The summed E-state index contributed by atoms with van der Waals surface area (Å²) in [4.78, 5) is 11.5. The van der Waals surface area contributed by atoms with Crippen molar-refractivity contribution in [3.8, 4) is 17.2 Å². The highest BCUT2D eigenvalue weighted by molar-refractivity contribution is 7.80. The van der Waals surface area contributed by atoms with Crippen LogP contribution < -0.4 is 30.2 Å². The van der Waals surface area contributed by atoms with Crippen LogP contribution in [0.15, 0.2) is 42.5 Å². The Hall–Kier alpha value is -3.42. The third-order valence-corrected chi connectivity index (χ3v) is 5.34. The number of carbonyl (C=O) groups is 1. The van der Waals surface area contributed by atoms with Crippen molar-refractivity contribution < 1.29 is 45.3 Å². The molecule has 1 fully saturated rings. The molecule has 1 aliphatic carbocycles. The van der Waals surface area contributed by atoms with E-state index in [1.807, 2.05) is 0 Å². The van der Waals surface area contributed by atoms with Gasteiger partial charge in [0.1, 0.15) is 17.2 Å². The van der Waals surface area contributed by atoms with Crippen molar-refractivity contribution >= 4 is 34.6 Å². The van der Waals surface area contributed by atoms with E-state index in [9.17, 15) is 31.1 Å². The summed E-state index contributed by atoms with van der Waals surface area (Å²) in [7, 11) is 0. The fraction of sp³-hybridized carbons (Fsp3) is 0.391. The Morgan fingerprint density at radius 2 is 1.51 bits per heavy atom. The zero-order chi connectivity index (χ0) is 27.2. The largest absolute Gasteiger partial charge is 0.573 e. The first kappa shape index (κ1) is 28.2. The number of anilines is 2. The first-order valence-electron chi connectivity index (χ1n) is 11.0. The summed E-state index contributed by atoms with van der Waals surface area (Å²) in [6.07, 6.45) is -7.53. The van der Waals surface area contributed by atoms with Crippen LogP contribution in [0.2, 0.25) is 0 Å². The lowest BCUT2D eigenvalue weighted by Gasteiger charge is -2.31. The molecule has 0 spiro atoms. The molecule has 3 rings (SSSR count). The zero-order valence-corrected chi connectivity index (χ0v) is 20.2. The van der Waals surface area contributed by atoms with Crippen LogP contribution in [0.1, 0.15) is 32.6 Å². The monoisotopic (exact) mass is 551 g/mol. The third-order valence-electron chi connectivity index (χ3n) is 5.12. The highest BCUT2D eigenvalue weighted by Gasteiger charge is 2.32. The summed E-state index contributed by atoms with van der Waals surface area (Å²) in [6.45, 7) is 1.22. The number of benzene rings is 2. The number of nitrogens with one attached hydrogen (secondary N) is 3. The second-order valence-electron chi connectivity index (χ2n) is 8.15. The van der Waals surface area contributed by atoms with Gasteiger partial charge in [-0.25, -0.2) is 0 Å². The van der Waals surface area contributed by atoms with Gasteiger partial charge < -0.3 is 30.2 Å². The van der Waals surface area contributed by atoms with Crippen LogP contribution in [0.3, 0.4) is 0 Å². The lowest BCUT2D eigenvalue weighted by molar-refractivity contribution is -0.275. The van der Waals surface area contributed by atoms with Gasteiger partial charge in [0.05, 0.1) is 11.8 Å². The van der Waals surface area contributed by atoms with Gasteiger partial charge in [-0.05, 0) is 62.2 Å². The number of halogens is 6. The molecule has 0 heterocycles. The SMILES string of the molecule is CC(=O)Nc1cc(OC(F)(F)F)ccc1OC1CCC(NC(=S)Nc2cccc(OC(F)(F)F)c2)CC1.